The van der Waals surface area contributed by atoms with Crippen LogP contribution in [0.25, 0.3) is 11.1 Å². The SMILES string of the molecule is CNc1ncc(-c2ccncc2)cc1N. The number of rotatable bonds is 2. The van der Waals surface area contributed by atoms with E-state index in [4.69, 9.17) is 5.73 Å². The van der Waals surface area contributed by atoms with Crippen molar-refractivity contribution in [3.63, 3.8) is 0 Å². The second-order valence-electron chi connectivity index (χ2n) is 3.15. The van der Waals surface area contributed by atoms with Crippen LogP contribution in [-0.2, 0) is 0 Å². The first kappa shape index (κ1) is 9.45. The highest BCUT2D eigenvalue weighted by Crippen LogP contribution is 2.23. The molecule has 0 saturated carbocycles. The fourth-order valence-corrected chi connectivity index (χ4v) is 1.39. The number of nitrogens with zero attached hydrogens (tertiary/aromatic N) is 2. The van der Waals surface area contributed by atoms with Crippen molar-refractivity contribution < 1.29 is 0 Å². The molecule has 0 bridgehead atoms. The lowest BCUT2D eigenvalue weighted by atomic mass is 10.1. The van der Waals surface area contributed by atoms with Gasteiger partial charge in [-0.25, -0.2) is 4.98 Å². The van der Waals surface area contributed by atoms with E-state index in [9.17, 15) is 0 Å². The Bertz CT molecular complexity index is 453. The second-order valence-corrected chi connectivity index (χ2v) is 3.15. The second kappa shape index (κ2) is 3.96. The number of anilines is 2. The number of pyridine rings is 2. The molecular formula is C11H12N4. The van der Waals surface area contributed by atoms with Crippen LogP contribution in [0.2, 0.25) is 0 Å². The van der Waals surface area contributed by atoms with E-state index >= 15 is 0 Å². The summed E-state index contributed by atoms with van der Waals surface area (Å²) in [7, 11) is 1.80. The first-order valence-corrected chi connectivity index (χ1v) is 4.65. The van der Waals surface area contributed by atoms with Crippen molar-refractivity contribution in [1.29, 1.82) is 0 Å². The summed E-state index contributed by atoms with van der Waals surface area (Å²) in [5.41, 5.74) is 8.53. The van der Waals surface area contributed by atoms with Crippen LogP contribution in [0.5, 0.6) is 0 Å². The Morgan fingerprint density at radius 2 is 1.93 bits per heavy atom. The number of hydrogen-bond acceptors (Lipinski definition) is 4. The van der Waals surface area contributed by atoms with E-state index in [1.807, 2.05) is 18.2 Å². The maximum atomic E-state index is 5.83. The molecule has 0 radical (unpaired) electrons. The van der Waals surface area contributed by atoms with E-state index in [0.717, 1.165) is 11.1 Å². The highest BCUT2D eigenvalue weighted by Gasteiger charge is 2.02. The van der Waals surface area contributed by atoms with Gasteiger partial charge in [-0.2, -0.15) is 0 Å². The van der Waals surface area contributed by atoms with Gasteiger partial charge in [-0.1, -0.05) is 0 Å². The van der Waals surface area contributed by atoms with Gasteiger partial charge in [-0.05, 0) is 23.8 Å². The van der Waals surface area contributed by atoms with Crippen molar-refractivity contribution in [3.05, 3.63) is 36.8 Å². The molecule has 76 valence electrons. The monoisotopic (exact) mass is 200 g/mol. The van der Waals surface area contributed by atoms with E-state index in [2.05, 4.69) is 15.3 Å². The summed E-state index contributed by atoms with van der Waals surface area (Å²) in [6.45, 7) is 0. The summed E-state index contributed by atoms with van der Waals surface area (Å²) in [6.07, 6.45) is 5.28. The number of nitrogens with one attached hydrogen (secondary N) is 1. The molecule has 0 aliphatic rings. The molecule has 2 aromatic heterocycles. The van der Waals surface area contributed by atoms with Crippen LogP contribution in [0.4, 0.5) is 11.5 Å². The molecule has 0 aliphatic carbocycles. The summed E-state index contributed by atoms with van der Waals surface area (Å²) in [5, 5.41) is 2.93. The van der Waals surface area contributed by atoms with Gasteiger partial charge < -0.3 is 11.1 Å². The molecule has 2 aromatic rings. The average molecular weight is 200 g/mol. The Morgan fingerprint density at radius 1 is 1.20 bits per heavy atom. The summed E-state index contributed by atoms with van der Waals surface area (Å²) >= 11 is 0. The minimum atomic E-state index is 0.645. The molecule has 0 fully saturated rings. The van der Waals surface area contributed by atoms with Gasteiger partial charge in [-0.15, -0.1) is 0 Å². The third kappa shape index (κ3) is 1.88. The molecule has 0 unspecified atom stereocenters. The molecule has 0 aliphatic heterocycles. The molecule has 0 saturated heterocycles. The zero-order chi connectivity index (χ0) is 10.7. The van der Waals surface area contributed by atoms with Crippen LogP contribution in [0.15, 0.2) is 36.8 Å². The van der Waals surface area contributed by atoms with Crippen molar-refractivity contribution >= 4 is 11.5 Å². The van der Waals surface area contributed by atoms with Gasteiger partial charge in [0, 0.05) is 31.2 Å². The normalized spacial score (nSPS) is 9.93. The van der Waals surface area contributed by atoms with Crippen LogP contribution in [0.3, 0.4) is 0 Å². The minimum Gasteiger partial charge on any atom is -0.396 e. The molecule has 2 heterocycles. The summed E-state index contributed by atoms with van der Waals surface area (Å²) in [6, 6.07) is 5.75. The maximum Gasteiger partial charge on any atom is 0.148 e. The number of hydrogen-bond donors (Lipinski definition) is 2. The van der Waals surface area contributed by atoms with Gasteiger partial charge >= 0.3 is 0 Å². The van der Waals surface area contributed by atoms with Crippen molar-refractivity contribution in [1.82, 2.24) is 9.97 Å². The molecule has 15 heavy (non-hydrogen) atoms. The molecule has 0 atom stereocenters. The van der Waals surface area contributed by atoms with Crippen molar-refractivity contribution in [3.8, 4) is 11.1 Å². The van der Waals surface area contributed by atoms with E-state index < -0.39 is 0 Å². The smallest absolute Gasteiger partial charge is 0.148 e. The number of nitrogen functional groups attached to an aromatic ring is 1. The quantitative estimate of drug-likeness (QED) is 0.775. The Hall–Kier alpha value is -2.10. The Kier molecular flexibility index (Phi) is 2.49. The van der Waals surface area contributed by atoms with E-state index in [1.54, 1.807) is 25.6 Å². The highest BCUT2D eigenvalue weighted by molar-refractivity contribution is 5.71. The van der Waals surface area contributed by atoms with Gasteiger partial charge in [0.05, 0.1) is 5.69 Å². The van der Waals surface area contributed by atoms with Gasteiger partial charge in [0.25, 0.3) is 0 Å². The fourth-order valence-electron chi connectivity index (χ4n) is 1.39. The Balaban J connectivity index is 2.43. The van der Waals surface area contributed by atoms with Crippen molar-refractivity contribution in [2.75, 3.05) is 18.1 Å². The summed E-state index contributed by atoms with van der Waals surface area (Å²) in [5.74, 6) is 0.702. The van der Waals surface area contributed by atoms with Crippen molar-refractivity contribution in [2.45, 2.75) is 0 Å². The number of aromatic nitrogens is 2. The first-order chi connectivity index (χ1) is 7.31. The lowest BCUT2D eigenvalue weighted by Crippen LogP contribution is -1.98. The summed E-state index contributed by atoms with van der Waals surface area (Å²) < 4.78 is 0. The van der Waals surface area contributed by atoms with Crippen LogP contribution < -0.4 is 11.1 Å². The predicted molar refractivity (Wildman–Crippen MR) is 61.4 cm³/mol. The highest BCUT2D eigenvalue weighted by atomic mass is 15.0. The third-order valence-electron chi connectivity index (χ3n) is 2.17. The van der Waals surface area contributed by atoms with Crippen molar-refractivity contribution in [2.24, 2.45) is 0 Å². The van der Waals surface area contributed by atoms with Crippen LogP contribution in [0.1, 0.15) is 0 Å². The lowest BCUT2D eigenvalue weighted by Gasteiger charge is -2.06. The molecule has 2 rings (SSSR count). The maximum absolute atomic E-state index is 5.83. The van der Waals surface area contributed by atoms with E-state index in [1.165, 1.54) is 0 Å². The Labute approximate surface area is 88.2 Å². The molecule has 0 aromatic carbocycles. The molecular weight excluding hydrogens is 188 g/mol. The summed E-state index contributed by atoms with van der Waals surface area (Å²) in [4.78, 5) is 8.18. The van der Waals surface area contributed by atoms with Gasteiger partial charge in [0.2, 0.25) is 0 Å². The largest absolute Gasteiger partial charge is 0.396 e. The molecule has 4 heteroatoms. The molecule has 3 N–H and O–H groups in total. The first-order valence-electron chi connectivity index (χ1n) is 4.65. The standard InChI is InChI=1S/C11H12N4/c1-13-11-10(12)6-9(7-15-11)8-2-4-14-5-3-8/h2-7H,12H2,1H3,(H,13,15). The van der Waals surface area contributed by atoms with E-state index in [-0.39, 0.29) is 0 Å². The number of nitrogens with two attached hydrogens (primary N) is 1. The van der Waals surface area contributed by atoms with Crippen LogP contribution in [0, 0.1) is 0 Å². The molecule has 4 nitrogen and oxygen atoms in total. The zero-order valence-electron chi connectivity index (χ0n) is 8.44. The average Bonchev–Trinajstić information content (AvgIpc) is 2.30. The van der Waals surface area contributed by atoms with Crippen LogP contribution >= 0.6 is 0 Å². The lowest BCUT2D eigenvalue weighted by molar-refractivity contribution is 1.28. The third-order valence-corrected chi connectivity index (χ3v) is 2.17. The zero-order valence-corrected chi connectivity index (χ0v) is 8.44. The fraction of sp³-hybridized carbons (Fsp3) is 0.0909. The Morgan fingerprint density at radius 3 is 2.53 bits per heavy atom. The van der Waals surface area contributed by atoms with Crippen LogP contribution in [-0.4, -0.2) is 17.0 Å². The molecule has 0 amide bonds. The van der Waals surface area contributed by atoms with E-state index in [0.29, 0.717) is 11.5 Å². The topological polar surface area (TPSA) is 63.8 Å². The molecule has 0 spiro atoms. The van der Waals surface area contributed by atoms with Gasteiger partial charge in [-0.3, -0.25) is 4.98 Å². The predicted octanol–water partition coefficient (Wildman–Crippen LogP) is 1.77. The van der Waals surface area contributed by atoms with Gasteiger partial charge in [0.15, 0.2) is 0 Å². The van der Waals surface area contributed by atoms with Gasteiger partial charge in [0.1, 0.15) is 5.82 Å². The minimum absolute atomic E-state index is 0.645.